The van der Waals surface area contributed by atoms with Gasteiger partial charge in [-0.25, -0.2) is 22.4 Å². The molecule has 1 N–H and O–H groups in total. The van der Waals surface area contributed by atoms with Crippen LogP contribution in [0.1, 0.15) is 6.92 Å². The van der Waals surface area contributed by atoms with Gasteiger partial charge in [-0.15, -0.1) is 0 Å². The van der Waals surface area contributed by atoms with Gasteiger partial charge in [0.05, 0.1) is 46.4 Å². The summed E-state index contributed by atoms with van der Waals surface area (Å²) in [6, 6.07) is 13.3. The van der Waals surface area contributed by atoms with Crippen molar-refractivity contribution >= 4 is 55.1 Å². The van der Waals surface area contributed by atoms with Crippen LogP contribution in [0, 0.1) is 0 Å². The number of fused-ring (bicyclic) bond motifs is 2. The summed E-state index contributed by atoms with van der Waals surface area (Å²) in [5, 5.41) is 9.81. The van der Waals surface area contributed by atoms with Crippen LogP contribution in [0.25, 0.3) is 33.1 Å². The Morgan fingerprint density at radius 1 is 1.08 bits per heavy atom. The van der Waals surface area contributed by atoms with Crippen molar-refractivity contribution in [1.82, 2.24) is 28.6 Å². The fourth-order valence-corrected chi connectivity index (χ4v) is 5.29. The van der Waals surface area contributed by atoms with Gasteiger partial charge in [0.25, 0.3) is 0 Å². The first kappa shape index (κ1) is 24.2. The Kier molecular flexibility index (Phi) is 6.42. The van der Waals surface area contributed by atoms with Gasteiger partial charge in [-0.05, 0) is 45.3 Å². The fourth-order valence-electron chi connectivity index (χ4n) is 4.09. The van der Waals surface area contributed by atoms with Crippen LogP contribution in [-0.4, -0.2) is 63.4 Å². The Morgan fingerprint density at radius 3 is 2.67 bits per heavy atom. The third-order valence-electron chi connectivity index (χ3n) is 6.00. The number of hydrogen-bond donors (Lipinski definition) is 1. The van der Waals surface area contributed by atoms with Gasteiger partial charge in [0, 0.05) is 34.8 Å². The molecule has 0 saturated carbocycles. The summed E-state index contributed by atoms with van der Waals surface area (Å²) in [7, 11) is 0.565. The molecule has 0 fully saturated rings. The number of rotatable bonds is 8. The molecule has 3 aromatic heterocycles. The highest BCUT2D eigenvalue weighted by molar-refractivity contribution is 7.90. The normalized spacial score (nSPS) is 12.1. The number of hydrogen-bond acceptors (Lipinski definition) is 7. The number of para-hydroxylation sites is 1. The van der Waals surface area contributed by atoms with E-state index in [1.165, 1.54) is 10.2 Å². The highest BCUT2D eigenvalue weighted by atomic mass is 35.5. The predicted octanol–water partition coefficient (Wildman–Crippen LogP) is 4.60. The molecule has 0 saturated heterocycles. The van der Waals surface area contributed by atoms with E-state index in [-0.39, 0.29) is 5.75 Å². The van der Waals surface area contributed by atoms with Crippen molar-refractivity contribution in [2.24, 2.45) is 0 Å². The topological polar surface area (TPSA) is 97.9 Å². The predicted molar refractivity (Wildman–Crippen MR) is 144 cm³/mol. The number of nitrogens with zero attached hydrogens (tertiary/aromatic N) is 6. The van der Waals surface area contributed by atoms with Crippen LogP contribution >= 0.6 is 11.6 Å². The molecule has 0 amide bonds. The van der Waals surface area contributed by atoms with E-state index in [0.717, 1.165) is 35.1 Å². The van der Waals surface area contributed by atoms with Gasteiger partial charge in [0.2, 0.25) is 16.0 Å². The van der Waals surface area contributed by atoms with Crippen LogP contribution in [0.2, 0.25) is 5.02 Å². The average molecular weight is 524 g/mol. The zero-order valence-corrected chi connectivity index (χ0v) is 21.8. The van der Waals surface area contributed by atoms with Crippen molar-refractivity contribution in [3.63, 3.8) is 0 Å². The van der Waals surface area contributed by atoms with Crippen LogP contribution in [0.3, 0.4) is 0 Å². The van der Waals surface area contributed by atoms with Crippen LogP contribution < -0.4 is 5.32 Å². The highest BCUT2D eigenvalue weighted by Crippen LogP contribution is 2.35. The molecule has 0 bridgehead atoms. The number of anilines is 2. The lowest BCUT2D eigenvalue weighted by atomic mass is 10.1. The maximum absolute atomic E-state index is 12.7. The summed E-state index contributed by atoms with van der Waals surface area (Å²) in [6.07, 6.45) is 4.94. The van der Waals surface area contributed by atoms with E-state index < -0.39 is 10.0 Å². The summed E-state index contributed by atoms with van der Waals surface area (Å²) in [5.41, 5.74) is 3.50. The van der Waals surface area contributed by atoms with Gasteiger partial charge in [-0.1, -0.05) is 29.8 Å². The van der Waals surface area contributed by atoms with Gasteiger partial charge in [-0.2, -0.15) is 5.10 Å². The minimum atomic E-state index is -3.51. The molecule has 0 radical (unpaired) electrons. The fraction of sp³-hybridized carbons (Fsp3) is 0.240. The second-order valence-electron chi connectivity index (χ2n) is 8.72. The van der Waals surface area contributed by atoms with E-state index in [9.17, 15) is 8.42 Å². The van der Waals surface area contributed by atoms with Gasteiger partial charge < -0.3 is 10.2 Å². The van der Waals surface area contributed by atoms with Crippen molar-refractivity contribution in [2.45, 2.75) is 13.5 Å². The van der Waals surface area contributed by atoms with E-state index in [1.54, 1.807) is 25.3 Å². The lowest BCUT2D eigenvalue weighted by molar-refractivity contribution is 0.377. The molecular weight excluding hydrogens is 498 g/mol. The number of aromatic nitrogens is 5. The minimum absolute atomic E-state index is 0.0242. The average Bonchev–Trinajstić information content (AvgIpc) is 3.45. The molecule has 9 nitrogen and oxygen atoms in total. The van der Waals surface area contributed by atoms with Crippen molar-refractivity contribution in [1.29, 1.82) is 0 Å². The Labute approximate surface area is 214 Å². The molecule has 3 heterocycles. The second kappa shape index (κ2) is 9.53. The van der Waals surface area contributed by atoms with Crippen LogP contribution in [0.15, 0.2) is 61.1 Å². The van der Waals surface area contributed by atoms with Crippen LogP contribution in [0.5, 0.6) is 0 Å². The number of nitrogens with one attached hydrogen (secondary N) is 1. The largest absolute Gasteiger partial charge is 0.324 e. The zero-order chi connectivity index (χ0) is 25.4. The van der Waals surface area contributed by atoms with Gasteiger partial charge >= 0.3 is 0 Å². The standard InChI is InChI=1S/C25H26ClN7O2S/c1-4-36(34,35)33-16-20(19-7-5-6-8-23(19)33)24-21(26)15-27-25(30-24)29-18-9-10-22-17(13-18)14-28-32(22)12-11-31(2)3/h5-10,13-16H,4,11-12H2,1-3H3,(H,27,29,30). The van der Waals surface area contributed by atoms with Crippen molar-refractivity contribution < 1.29 is 8.42 Å². The molecule has 0 atom stereocenters. The molecular formula is C25H26ClN7O2S. The van der Waals surface area contributed by atoms with E-state index in [1.807, 2.05) is 55.3 Å². The molecule has 0 unspecified atom stereocenters. The minimum Gasteiger partial charge on any atom is -0.324 e. The summed E-state index contributed by atoms with van der Waals surface area (Å²) < 4.78 is 28.7. The molecule has 0 spiro atoms. The maximum Gasteiger partial charge on any atom is 0.238 e. The van der Waals surface area contributed by atoms with E-state index >= 15 is 0 Å². The summed E-state index contributed by atoms with van der Waals surface area (Å²) in [6.45, 7) is 3.31. The van der Waals surface area contributed by atoms with E-state index in [4.69, 9.17) is 11.6 Å². The first-order chi connectivity index (χ1) is 17.3. The third-order valence-corrected chi connectivity index (χ3v) is 7.91. The Morgan fingerprint density at radius 2 is 1.89 bits per heavy atom. The molecule has 186 valence electrons. The third kappa shape index (κ3) is 4.55. The smallest absolute Gasteiger partial charge is 0.238 e. The Balaban J connectivity index is 1.50. The lowest BCUT2D eigenvalue weighted by Crippen LogP contribution is -2.18. The molecule has 36 heavy (non-hydrogen) atoms. The molecule has 5 rings (SSSR count). The number of halogens is 1. The van der Waals surface area contributed by atoms with E-state index in [2.05, 4.69) is 25.3 Å². The first-order valence-corrected chi connectivity index (χ1v) is 13.5. The number of benzene rings is 2. The van der Waals surface area contributed by atoms with E-state index in [0.29, 0.717) is 27.7 Å². The monoisotopic (exact) mass is 523 g/mol. The summed E-state index contributed by atoms with van der Waals surface area (Å²) in [4.78, 5) is 11.1. The van der Waals surface area contributed by atoms with Crippen LogP contribution in [-0.2, 0) is 16.6 Å². The summed E-state index contributed by atoms with van der Waals surface area (Å²) in [5.74, 6) is 0.327. The molecule has 0 aliphatic carbocycles. The quantitative estimate of drug-likeness (QED) is 0.317. The lowest BCUT2D eigenvalue weighted by Gasteiger charge is -2.10. The Bertz CT molecular complexity index is 1670. The highest BCUT2D eigenvalue weighted by Gasteiger charge is 2.20. The second-order valence-corrected chi connectivity index (χ2v) is 11.3. The molecule has 0 aliphatic rings. The number of likely N-dealkylation sites (N-methyl/N-ethyl adjacent to an activating group) is 1. The first-order valence-electron chi connectivity index (χ1n) is 11.5. The van der Waals surface area contributed by atoms with Gasteiger partial charge in [0.15, 0.2) is 0 Å². The van der Waals surface area contributed by atoms with Crippen LogP contribution in [0.4, 0.5) is 11.6 Å². The maximum atomic E-state index is 12.7. The van der Waals surface area contributed by atoms with Crippen molar-refractivity contribution in [2.75, 3.05) is 31.7 Å². The molecule has 2 aromatic carbocycles. The van der Waals surface area contributed by atoms with Gasteiger partial charge in [0.1, 0.15) is 0 Å². The SMILES string of the molecule is CCS(=O)(=O)n1cc(-c2nc(Nc3ccc4c(cnn4CCN(C)C)c3)ncc2Cl)c2ccccc21. The van der Waals surface area contributed by atoms with Crippen molar-refractivity contribution in [3.05, 3.63) is 66.1 Å². The molecule has 0 aliphatic heterocycles. The molecule has 5 aromatic rings. The van der Waals surface area contributed by atoms with Crippen molar-refractivity contribution in [3.8, 4) is 11.3 Å². The zero-order valence-electron chi connectivity index (χ0n) is 20.2. The summed E-state index contributed by atoms with van der Waals surface area (Å²) >= 11 is 6.50. The Hall–Kier alpha value is -3.47. The molecule has 11 heteroatoms. The van der Waals surface area contributed by atoms with Gasteiger partial charge in [-0.3, -0.25) is 4.68 Å².